The van der Waals surface area contributed by atoms with Gasteiger partial charge in [-0.05, 0) is 19.8 Å². The molecule has 0 aliphatic carbocycles. The molecule has 0 radical (unpaired) electrons. The molecule has 1 aliphatic heterocycles. The fourth-order valence-electron chi connectivity index (χ4n) is 1.87. The van der Waals surface area contributed by atoms with Crippen molar-refractivity contribution in [1.29, 1.82) is 0 Å². The summed E-state index contributed by atoms with van der Waals surface area (Å²) in [6, 6.07) is 0. The van der Waals surface area contributed by atoms with E-state index in [1.165, 1.54) is 32.4 Å². The van der Waals surface area contributed by atoms with Crippen LogP contribution in [0.4, 0.5) is 5.13 Å². The molecular formula is C10H17N3S. The molecule has 1 saturated heterocycles. The van der Waals surface area contributed by atoms with E-state index in [1.54, 1.807) is 11.3 Å². The number of likely N-dealkylation sites (tertiary alicyclic amines) is 1. The summed E-state index contributed by atoms with van der Waals surface area (Å²) in [5, 5.41) is 6.46. The average molecular weight is 211 g/mol. The minimum Gasteiger partial charge on any atom is -0.346 e. The zero-order valence-electron chi connectivity index (χ0n) is 8.57. The highest BCUT2D eigenvalue weighted by Crippen LogP contribution is 2.16. The van der Waals surface area contributed by atoms with E-state index in [2.05, 4.69) is 22.1 Å². The number of hydrogen-bond acceptors (Lipinski definition) is 4. The molecule has 0 amide bonds. The summed E-state index contributed by atoms with van der Waals surface area (Å²) in [6.45, 7) is 4.66. The molecule has 0 aromatic carbocycles. The molecular weight excluding hydrogens is 194 g/mol. The van der Waals surface area contributed by atoms with E-state index < -0.39 is 0 Å². The summed E-state index contributed by atoms with van der Waals surface area (Å²) in [5.41, 5.74) is 0. The molecule has 2 rings (SSSR count). The summed E-state index contributed by atoms with van der Waals surface area (Å²) in [6.07, 6.45) is 6.32. The van der Waals surface area contributed by atoms with Gasteiger partial charge in [-0.25, -0.2) is 4.98 Å². The van der Waals surface area contributed by atoms with E-state index in [4.69, 9.17) is 0 Å². The zero-order chi connectivity index (χ0) is 9.80. The lowest BCUT2D eigenvalue weighted by molar-refractivity contribution is 0.190. The predicted octanol–water partition coefficient (Wildman–Crippen LogP) is 2.39. The maximum absolute atomic E-state index is 4.23. The Labute approximate surface area is 89.1 Å². The van der Waals surface area contributed by atoms with Crippen molar-refractivity contribution in [2.75, 3.05) is 18.4 Å². The van der Waals surface area contributed by atoms with Gasteiger partial charge in [0.15, 0.2) is 5.13 Å². The van der Waals surface area contributed by atoms with Crippen molar-refractivity contribution in [3.63, 3.8) is 0 Å². The molecule has 3 nitrogen and oxygen atoms in total. The summed E-state index contributed by atoms with van der Waals surface area (Å²) in [4.78, 5) is 6.72. The molecule has 2 heterocycles. The second kappa shape index (κ2) is 4.75. The number of rotatable bonds is 3. The Morgan fingerprint density at radius 3 is 2.86 bits per heavy atom. The molecule has 1 aliphatic rings. The van der Waals surface area contributed by atoms with E-state index in [0.717, 1.165) is 5.13 Å². The van der Waals surface area contributed by atoms with Crippen LogP contribution in [0.25, 0.3) is 0 Å². The largest absolute Gasteiger partial charge is 0.346 e. The highest BCUT2D eigenvalue weighted by Gasteiger charge is 2.16. The number of piperidine rings is 1. The normalized spacial score (nSPS) is 20.6. The molecule has 4 heteroatoms. The molecule has 1 aromatic rings. The molecule has 0 spiro atoms. The topological polar surface area (TPSA) is 28.2 Å². The van der Waals surface area contributed by atoms with Crippen LogP contribution >= 0.6 is 11.3 Å². The van der Waals surface area contributed by atoms with Gasteiger partial charge in [0.1, 0.15) is 0 Å². The van der Waals surface area contributed by atoms with Crippen molar-refractivity contribution in [2.24, 2.45) is 0 Å². The van der Waals surface area contributed by atoms with Crippen LogP contribution in [0.5, 0.6) is 0 Å². The van der Waals surface area contributed by atoms with Crippen LogP contribution in [0, 0.1) is 0 Å². The zero-order valence-corrected chi connectivity index (χ0v) is 9.39. The number of nitrogens with zero attached hydrogens (tertiary/aromatic N) is 2. The number of nitrogens with one attached hydrogen (secondary N) is 1. The van der Waals surface area contributed by atoms with Crippen LogP contribution in [0.1, 0.15) is 26.2 Å². The lowest BCUT2D eigenvalue weighted by Crippen LogP contribution is -2.41. The maximum Gasteiger partial charge on any atom is 0.183 e. The minimum absolute atomic E-state index is 0.418. The second-order valence-corrected chi connectivity index (χ2v) is 4.65. The van der Waals surface area contributed by atoms with Crippen LogP contribution in [0.15, 0.2) is 11.6 Å². The minimum atomic E-state index is 0.418. The van der Waals surface area contributed by atoms with Crippen LogP contribution < -0.4 is 5.32 Å². The molecule has 1 atom stereocenters. The van der Waals surface area contributed by atoms with Gasteiger partial charge in [-0.15, -0.1) is 11.3 Å². The molecule has 14 heavy (non-hydrogen) atoms. The van der Waals surface area contributed by atoms with E-state index in [-0.39, 0.29) is 0 Å². The standard InChI is InChI=1S/C10H17N3S/c1-9(12-10-11-5-8-14-10)13-6-3-2-4-7-13/h5,8-9H,2-4,6-7H2,1H3,(H,11,12). The Morgan fingerprint density at radius 1 is 1.43 bits per heavy atom. The third-order valence-corrected chi connectivity index (χ3v) is 3.41. The summed E-state index contributed by atoms with van der Waals surface area (Å²) < 4.78 is 0. The van der Waals surface area contributed by atoms with Crippen molar-refractivity contribution in [1.82, 2.24) is 9.88 Å². The van der Waals surface area contributed by atoms with Crippen LogP contribution in [0.2, 0.25) is 0 Å². The van der Waals surface area contributed by atoms with Gasteiger partial charge < -0.3 is 5.32 Å². The van der Waals surface area contributed by atoms with Crippen LogP contribution in [-0.2, 0) is 0 Å². The third kappa shape index (κ3) is 2.45. The Morgan fingerprint density at radius 2 is 2.21 bits per heavy atom. The molecule has 1 aromatic heterocycles. The van der Waals surface area contributed by atoms with E-state index in [9.17, 15) is 0 Å². The SMILES string of the molecule is CC(Nc1nccs1)N1CCCCC1. The van der Waals surface area contributed by atoms with Gasteiger partial charge in [0.05, 0.1) is 6.17 Å². The van der Waals surface area contributed by atoms with Gasteiger partial charge >= 0.3 is 0 Å². The smallest absolute Gasteiger partial charge is 0.183 e. The van der Waals surface area contributed by atoms with Gasteiger partial charge in [-0.3, -0.25) is 4.90 Å². The fourth-order valence-corrected chi connectivity index (χ4v) is 2.48. The fraction of sp³-hybridized carbons (Fsp3) is 0.700. The first-order valence-electron chi connectivity index (χ1n) is 5.26. The molecule has 0 bridgehead atoms. The van der Waals surface area contributed by atoms with Gasteiger partial charge in [-0.1, -0.05) is 6.42 Å². The van der Waals surface area contributed by atoms with Gasteiger partial charge in [0.2, 0.25) is 0 Å². The second-order valence-electron chi connectivity index (χ2n) is 3.75. The first-order valence-corrected chi connectivity index (χ1v) is 6.14. The summed E-state index contributed by atoms with van der Waals surface area (Å²) in [7, 11) is 0. The lowest BCUT2D eigenvalue weighted by atomic mass is 10.1. The molecule has 78 valence electrons. The molecule has 1 N–H and O–H groups in total. The summed E-state index contributed by atoms with van der Waals surface area (Å²) in [5.74, 6) is 0. The van der Waals surface area contributed by atoms with Gasteiger partial charge in [0, 0.05) is 24.7 Å². The van der Waals surface area contributed by atoms with Gasteiger partial charge in [0.25, 0.3) is 0 Å². The van der Waals surface area contributed by atoms with Crippen LogP contribution in [0.3, 0.4) is 0 Å². The monoisotopic (exact) mass is 211 g/mol. The Kier molecular flexibility index (Phi) is 3.37. The van der Waals surface area contributed by atoms with Crippen molar-refractivity contribution < 1.29 is 0 Å². The average Bonchev–Trinajstić information content (AvgIpc) is 2.72. The van der Waals surface area contributed by atoms with Crippen LogP contribution in [-0.4, -0.2) is 29.1 Å². The molecule has 1 fully saturated rings. The van der Waals surface area contributed by atoms with Gasteiger partial charge in [-0.2, -0.15) is 0 Å². The van der Waals surface area contributed by atoms with E-state index >= 15 is 0 Å². The third-order valence-electron chi connectivity index (χ3n) is 2.70. The van der Waals surface area contributed by atoms with Crippen molar-refractivity contribution in [3.8, 4) is 0 Å². The molecule has 1 unspecified atom stereocenters. The Hall–Kier alpha value is -0.610. The van der Waals surface area contributed by atoms with E-state index in [0.29, 0.717) is 6.17 Å². The van der Waals surface area contributed by atoms with Crippen molar-refractivity contribution >= 4 is 16.5 Å². The number of anilines is 1. The highest BCUT2D eigenvalue weighted by atomic mass is 32.1. The lowest BCUT2D eigenvalue weighted by Gasteiger charge is -2.32. The first-order chi connectivity index (χ1) is 6.86. The Balaban J connectivity index is 1.85. The first kappa shape index (κ1) is 9.93. The van der Waals surface area contributed by atoms with Crippen molar-refractivity contribution in [3.05, 3.63) is 11.6 Å². The quantitative estimate of drug-likeness (QED) is 0.832. The van der Waals surface area contributed by atoms with Crippen molar-refractivity contribution in [2.45, 2.75) is 32.4 Å². The molecule has 0 saturated carbocycles. The Bertz CT molecular complexity index is 254. The predicted molar refractivity (Wildman–Crippen MR) is 60.6 cm³/mol. The number of aromatic nitrogens is 1. The highest BCUT2D eigenvalue weighted by molar-refractivity contribution is 7.13. The van der Waals surface area contributed by atoms with E-state index in [1.807, 2.05) is 11.6 Å². The maximum atomic E-state index is 4.23. The number of thiazole rings is 1. The summed E-state index contributed by atoms with van der Waals surface area (Å²) >= 11 is 1.67. The number of hydrogen-bond donors (Lipinski definition) is 1.